The third-order valence-electron chi connectivity index (χ3n) is 1.82. The maximum absolute atomic E-state index is 11.2. The van der Waals surface area contributed by atoms with E-state index in [4.69, 9.17) is 16.3 Å². The van der Waals surface area contributed by atoms with Crippen LogP contribution in [0.5, 0.6) is 5.75 Å². The summed E-state index contributed by atoms with van der Waals surface area (Å²) in [5.41, 5.74) is 0.570. The number of halogens is 1. The zero-order valence-corrected chi connectivity index (χ0v) is 8.59. The molecule has 0 atom stereocenters. The van der Waals surface area contributed by atoms with Gasteiger partial charge in [-0.15, -0.1) is 0 Å². The average Bonchev–Trinajstić information content (AvgIpc) is 2.16. The van der Waals surface area contributed by atoms with E-state index in [1.54, 1.807) is 0 Å². The Hall–Kier alpha value is -1.35. The number of rotatable bonds is 3. The van der Waals surface area contributed by atoms with Gasteiger partial charge in [-0.1, -0.05) is 11.6 Å². The van der Waals surface area contributed by atoms with Crippen LogP contribution in [-0.2, 0) is 0 Å². The van der Waals surface area contributed by atoms with Gasteiger partial charge in [-0.25, -0.2) is 0 Å². The van der Waals surface area contributed by atoms with E-state index in [1.165, 1.54) is 26.2 Å². The first kappa shape index (κ1) is 10.7. The highest BCUT2D eigenvalue weighted by Crippen LogP contribution is 2.29. The van der Waals surface area contributed by atoms with Crippen LogP contribution >= 0.6 is 11.6 Å². The fourth-order valence-electron chi connectivity index (χ4n) is 1.22. The number of methoxy groups -OCH3 is 1. The molecule has 74 valence electrons. The van der Waals surface area contributed by atoms with Gasteiger partial charge in [-0.05, 0) is 19.1 Å². The molecular weight excluding hydrogens is 204 g/mol. The average molecular weight is 213 g/mol. The molecule has 14 heavy (non-hydrogen) atoms. The number of Topliss-reactive ketones (excluding diaryl/α,β-unsaturated/α-hetero) is 1. The molecule has 1 rings (SSSR count). The second kappa shape index (κ2) is 4.24. The van der Waals surface area contributed by atoms with E-state index in [9.17, 15) is 9.59 Å². The third kappa shape index (κ3) is 1.77. The van der Waals surface area contributed by atoms with Crippen molar-refractivity contribution in [2.45, 2.75) is 6.92 Å². The second-order valence-electron chi connectivity index (χ2n) is 2.72. The number of hydrogen-bond acceptors (Lipinski definition) is 3. The fraction of sp³-hybridized carbons (Fsp3) is 0.200. The minimum atomic E-state index is -0.226. The normalized spacial score (nSPS) is 9.64. The lowest BCUT2D eigenvalue weighted by Crippen LogP contribution is -2.01. The van der Waals surface area contributed by atoms with Crippen LogP contribution in [0, 0.1) is 0 Å². The smallest absolute Gasteiger partial charge is 0.165 e. The minimum absolute atomic E-state index is 0.226. The molecule has 0 amide bonds. The van der Waals surface area contributed by atoms with E-state index in [1.807, 2.05) is 0 Å². The summed E-state index contributed by atoms with van der Waals surface area (Å²) in [6.45, 7) is 1.37. The number of carbonyl (C=O) groups excluding carboxylic acids is 2. The highest BCUT2D eigenvalue weighted by Gasteiger charge is 2.16. The Kier molecular flexibility index (Phi) is 3.25. The van der Waals surface area contributed by atoms with Gasteiger partial charge in [-0.2, -0.15) is 0 Å². The SMILES string of the molecule is COc1c(C=O)ccc(Cl)c1C(C)=O. The van der Waals surface area contributed by atoms with Crippen LogP contribution < -0.4 is 4.74 Å². The number of carbonyl (C=O) groups is 2. The molecule has 1 aromatic carbocycles. The van der Waals surface area contributed by atoms with Crippen molar-refractivity contribution in [1.29, 1.82) is 0 Å². The van der Waals surface area contributed by atoms with Crippen molar-refractivity contribution < 1.29 is 14.3 Å². The Balaban J connectivity index is 3.50. The molecule has 0 radical (unpaired) electrons. The molecule has 3 nitrogen and oxygen atoms in total. The van der Waals surface area contributed by atoms with E-state index in [2.05, 4.69) is 0 Å². The van der Waals surface area contributed by atoms with Gasteiger partial charge in [0.2, 0.25) is 0 Å². The molecular formula is C10H9ClO3. The minimum Gasteiger partial charge on any atom is -0.495 e. The lowest BCUT2D eigenvalue weighted by atomic mass is 10.1. The molecule has 1 aromatic rings. The lowest BCUT2D eigenvalue weighted by molar-refractivity contribution is 0.101. The molecule has 0 saturated carbocycles. The number of benzene rings is 1. The van der Waals surface area contributed by atoms with E-state index in [-0.39, 0.29) is 17.1 Å². The first-order chi connectivity index (χ1) is 6.61. The van der Waals surface area contributed by atoms with Gasteiger partial charge in [-0.3, -0.25) is 9.59 Å². The standard InChI is InChI=1S/C10H9ClO3/c1-6(13)9-8(11)4-3-7(5-12)10(9)14-2/h3-5H,1-2H3. The van der Waals surface area contributed by atoms with E-state index in [0.29, 0.717) is 16.9 Å². The van der Waals surface area contributed by atoms with Crippen molar-refractivity contribution in [2.75, 3.05) is 7.11 Å². The Morgan fingerprint density at radius 1 is 1.50 bits per heavy atom. The van der Waals surface area contributed by atoms with Crippen molar-refractivity contribution in [1.82, 2.24) is 0 Å². The largest absolute Gasteiger partial charge is 0.495 e. The number of aldehydes is 1. The van der Waals surface area contributed by atoms with Crippen molar-refractivity contribution >= 4 is 23.7 Å². The predicted octanol–water partition coefficient (Wildman–Crippen LogP) is 2.36. The molecule has 0 bridgehead atoms. The Morgan fingerprint density at radius 2 is 2.14 bits per heavy atom. The second-order valence-corrected chi connectivity index (χ2v) is 3.13. The summed E-state index contributed by atoms with van der Waals surface area (Å²) in [6.07, 6.45) is 0.627. The maximum atomic E-state index is 11.2. The van der Waals surface area contributed by atoms with Gasteiger partial charge in [0.15, 0.2) is 12.1 Å². The van der Waals surface area contributed by atoms with Crippen LogP contribution in [0.25, 0.3) is 0 Å². The molecule has 0 spiro atoms. The fourth-order valence-corrected chi connectivity index (χ4v) is 1.50. The number of ether oxygens (including phenoxy) is 1. The van der Waals surface area contributed by atoms with Crippen molar-refractivity contribution in [3.63, 3.8) is 0 Å². The quantitative estimate of drug-likeness (QED) is 0.571. The molecule has 0 aliphatic carbocycles. The maximum Gasteiger partial charge on any atom is 0.165 e. The molecule has 0 N–H and O–H groups in total. The highest BCUT2D eigenvalue weighted by atomic mass is 35.5. The number of ketones is 1. The zero-order valence-electron chi connectivity index (χ0n) is 7.83. The van der Waals surface area contributed by atoms with Crippen LogP contribution in [0.3, 0.4) is 0 Å². The Bertz CT molecular complexity index is 385. The van der Waals surface area contributed by atoms with Crippen molar-refractivity contribution in [3.8, 4) is 5.75 Å². The molecule has 0 aromatic heterocycles. The van der Waals surface area contributed by atoms with Gasteiger partial charge in [0.05, 0.1) is 23.3 Å². The molecule has 0 heterocycles. The van der Waals surface area contributed by atoms with Gasteiger partial charge in [0.1, 0.15) is 5.75 Å². The predicted molar refractivity (Wildman–Crippen MR) is 53.4 cm³/mol. The van der Waals surface area contributed by atoms with Crippen LogP contribution in [0.15, 0.2) is 12.1 Å². The van der Waals surface area contributed by atoms with Gasteiger partial charge < -0.3 is 4.74 Å². The monoisotopic (exact) mass is 212 g/mol. The van der Waals surface area contributed by atoms with Crippen LogP contribution in [0.1, 0.15) is 27.6 Å². The van der Waals surface area contributed by atoms with Crippen molar-refractivity contribution in [3.05, 3.63) is 28.3 Å². The summed E-state index contributed by atoms with van der Waals surface area (Å²) in [5, 5.41) is 0.292. The third-order valence-corrected chi connectivity index (χ3v) is 2.14. The Morgan fingerprint density at radius 3 is 2.57 bits per heavy atom. The van der Waals surface area contributed by atoms with Crippen LogP contribution in [0.4, 0.5) is 0 Å². The summed E-state index contributed by atoms with van der Waals surface area (Å²) >= 11 is 5.82. The summed E-state index contributed by atoms with van der Waals surface area (Å²) in [7, 11) is 1.39. The molecule has 0 unspecified atom stereocenters. The lowest BCUT2D eigenvalue weighted by Gasteiger charge is -2.09. The molecule has 0 aliphatic rings. The van der Waals surface area contributed by atoms with Gasteiger partial charge >= 0.3 is 0 Å². The van der Waals surface area contributed by atoms with Gasteiger partial charge in [0.25, 0.3) is 0 Å². The molecule has 0 fully saturated rings. The summed E-state index contributed by atoms with van der Waals surface area (Å²) < 4.78 is 4.97. The highest BCUT2D eigenvalue weighted by molar-refractivity contribution is 6.34. The van der Waals surface area contributed by atoms with E-state index < -0.39 is 0 Å². The molecule has 0 aliphatic heterocycles. The van der Waals surface area contributed by atoms with Crippen molar-refractivity contribution in [2.24, 2.45) is 0 Å². The van der Waals surface area contributed by atoms with Crippen LogP contribution in [-0.4, -0.2) is 19.2 Å². The van der Waals surface area contributed by atoms with E-state index in [0.717, 1.165) is 0 Å². The Labute approximate surface area is 86.6 Å². The van der Waals surface area contributed by atoms with Gasteiger partial charge in [0, 0.05) is 0 Å². The molecule has 0 saturated heterocycles. The summed E-state index contributed by atoms with van der Waals surface area (Å²) in [4.78, 5) is 21.9. The zero-order chi connectivity index (χ0) is 10.7. The first-order valence-electron chi connectivity index (χ1n) is 3.94. The van der Waals surface area contributed by atoms with E-state index >= 15 is 0 Å². The summed E-state index contributed by atoms with van der Waals surface area (Å²) in [5.74, 6) is 0.00977. The topological polar surface area (TPSA) is 43.4 Å². The summed E-state index contributed by atoms with van der Waals surface area (Å²) in [6, 6.07) is 3.02. The number of hydrogen-bond donors (Lipinski definition) is 0. The van der Waals surface area contributed by atoms with Crippen LogP contribution in [0.2, 0.25) is 5.02 Å². The molecule has 4 heteroatoms. The first-order valence-corrected chi connectivity index (χ1v) is 4.32.